The van der Waals surface area contributed by atoms with E-state index in [1.807, 2.05) is 30.3 Å². The molecule has 0 saturated carbocycles. The van der Waals surface area contributed by atoms with E-state index in [2.05, 4.69) is 0 Å². The quantitative estimate of drug-likeness (QED) is 0.650. The summed E-state index contributed by atoms with van der Waals surface area (Å²) < 4.78 is 0. The summed E-state index contributed by atoms with van der Waals surface area (Å²) in [5, 5.41) is 0. The Kier molecular flexibility index (Phi) is 2.31. The number of rotatable bonds is 2. The number of carbonyl (C=O) groups is 2. The first-order valence-corrected chi connectivity index (χ1v) is 4.63. The van der Waals surface area contributed by atoms with Crippen LogP contribution in [-0.2, 0) is 16.1 Å². The lowest BCUT2D eigenvalue weighted by Gasteiger charge is -2.13. The predicted molar refractivity (Wildman–Crippen MR) is 51.5 cm³/mol. The molecule has 1 aliphatic rings. The number of ketones is 1. The van der Waals surface area contributed by atoms with Crippen LogP contribution >= 0.6 is 0 Å². The minimum Gasteiger partial charge on any atom is -0.331 e. The van der Waals surface area contributed by atoms with Gasteiger partial charge in [-0.05, 0) is 5.56 Å². The Morgan fingerprint density at radius 3 is 2.43 bits per heavy atom. The van der Waals surface area contributed by atoms with Crippen molar-refractivity contribution in [1.82, 2.24) is 4.90 Å². The number of hydrogen-bond donors (Lipinski definition) is 0. The Hall–Kier alpha value is -1.64. The second-order valence-electron chi connectivity index (χ2n) is 3.39. The molecule has 1 aromatic rings. The molecule has 1 fully saturated rings. The van der Waals surface area contributed by atoms with E-state index in [0.717, 1.165) is 5.56 Å². The highest BCUT2D eigenvalue weighted by molar-refractivity contribution is 6.37. The summed E-state index contributed by atoms with van der Waals surface area (Å²) in [5.41, 5.74) is 1.07. The molecule has 2 rings (SSSR count). The molecule has 0 aromatic heterocycles. The molecule has 0 spiro atoms. The molecule has 0 N–H and O–H groups in total. The highest BCUT2D eigenvalue weighted by Gasteiger charge is 2.28. The molecule has 1 amide bonds. The smallest absolute Gasteiger partial charge is 0.290 e. The van der Waals surface area contributed by atoms with Crippen LogP contribution in [0.25, 0.3) is 0 Å². The lowest BCUT2D eigenvalue weighted by atomic mass is 10.2. The van der Waals surface area contributed by atoms with Gasteiger partial charge in [-0.15, -0.1) is 0 Å². The third kappa shape index (κ3) is 1.66. The molecular weight excluding hydrogens is 178 g/mol. The molecule has 14 heavy (non-hydrogen) atoms. The van der Waals surface area contributed by atoms with Gasteiger partial charge in [0.1, 0.15) is 0 Å². The van der Waals surface area contributed by atoms with Gasteiger partial charge in [-0.3, -0.25) is 9.59 Å². The zero-order valence-electron chi connectivity index (χ0n) is 7.77. The van der Waals surface area contributed by atoms with Crippen LogP contribution in [0.2, 0.25) is 0 Å². The molecule has 0 atom stereocenters. The summed E-state index contributed by atoms with van der Waals surface area (Å²) in [6.07, 6.45) is 0.367. The van der Waals surface area contributed by atoms with E-state index in [4.69, 9.17) is 0 Å². The van der Waals surface area contributed by atoms with Crippen LogP contribution in [0.1, 0.15) is 12.0 Å². The van der Waals surface area contributed by atoms with Gasteiger partial charge in [0, 0.05) is 19.5 Å². The molecule has 1 aliphatic heterocycles. The summed E-state index contributed by atoms with van der Waals surface area (Å²) in [4.78, 5) is 23.9. The lowest BCUT2D eigenvalue weighted by Crippen LogP contribution is -2.26. The number of likely N-dealkylation sites (tertiary alicyclic amines) is 1. The predicted octanol–water partition coefficient (Wildman–Crippen LogP) is 0.988. The van der Waals surface area contributed by atoms with Gasteiger partial charge in [-0.1, -0.05) is 30.3 Å². The van der Waals surface area contributed by atoms with E-state index in [1.165, 1.54) is 0 Å². The first-order chi connectivity index (χ1) is 6.77. The van der Waals surface area contributed by atoms with Crippen molar-refractivity contribution < 1.29 is 9.59 Å². The van der Waals surface area contributed by atoms with Crippen LogP contribution in [-0.4, -0.2) is 23.1 Å². The third-order valence-corrected chi connectivity index (χ3v) is 2.35. The minimum atomic E-state index is -0.339. The summed E-state index contributed by atoms with van der Waals surface area (Å²) in [6.45, 7) is 1.11. The van der Waals surface area contributed by atoms with Crippen molar-refractivity contribution in [2.24, 2.45) is 0 Å². The van der Waals surface area contributed by atoms with Gasteiger partial charge in [-0.25, -0.2) is 0 Å². The van der Waals surface area contributed by atoms with E-state index < -0.39 is 0 Å². The summed E-state index contributed by atoms with van der Waals surface area (Å²) in [6, 6.07) is 9.70. The van der Waals surface area contributed by atoms with E-state index in [0.29, 0.717) is 19.5 Å². The van der Waals surface area contributed by atoms with Crippen LogP contribution < -0.4 is 0 Å². The van der Waals surface area contributed by atoms with Crippen LogP contribution in [0.4, 0.5) is 0 Å². The fourth-order valence-corrected chi connectivity index (χ4v) is 1.58. The van der Waals surface area contributed by atoms with Gasteiger partial charge in [0.2, 0.25) is 5.78 Å². The van der Waals surface area contributed by atoms with Gasteiger partial charge >= 0.3 is 0 Å². The molecule has 1 aromatic carbocycles. The number of nitrogens with zero attached hydrogens (tertiary/aromatic N) is 1. The fourth-order valence-electron chi connectivity index (χ4n) is 1.58. The highest BCUT2D eigenvalue weighted by Crippen LogP contribution is 2.11. The normalized spacial score (nSPS) is 16.4. The number of amides is 1. The number of Topliss-reactive ketones (excluding diaryl/α,β-unsaturated/α-hetero) is 1. The van der Waals surface area contributed by atoms with Gasteiger partial charge < -0.3 is 4.90 Å². The molecule has 3 nitrogen and oxygen atoms in total. The standard InChI is InChI=1S/C11H11NO2/c13-10-6-7-12(11(10)14)8-9-4-2-1-3-5-9/h1-5H,6-8H2. The zero-order valence-corrected chi connectivity index (χ0v) is 7.77. The maximum Gasteiger partial charge on any atom is 0.290 e. The molecule has 0 radical (unpaired) electrons. The molecule has 1 heterocycles. The van der Waals surface area contributed by atoms with E-state index in [1.54, 1.807) is 4.90 Å². The number of hydrogen-bond acceptors (Lipinski definition) is 2. The topological polar surface area (TPSA) is 37.4 Å². The summed E-state index contributed by atoms with van der Waals surface area (Å²) in [7, 11) is 0. The average molecular weight is 189 g/mol. The molecule has 72 valence electrons. The molecule has 0 unspecified atom stereocenters. The van der Waals surface area contributed by atoms with Gasteiger partial charge in [-0.2, -0.15) is 0 Å². The van der Waals surface area contributed by atoms with Crippen LogP contribution in [0.5, 0.6) is 0 Å². The highest BCUT2D eigenvalue weighted by atomic mass is 16.2. The number of carbonyl (C=O) groups excluding carboxylic acids is 2. The first-order valence-electron chi connectivity index (χ1n) is 4.63. The summed E-state index contributed by atoms with van der Waals surface area (Å²) in [5.74, 6) is -0.602. The van der Waals surface area contributed by atoms with E-state index in [-0.39, 0.29) is 11.7 Å². The van der Waals surface area contributed by atoms with Crippen LogP contribution in [0, 0.1) is 0 Å². The van der Waals surface area contributed by atoms with Crippen molar-refractivity contribution in [1.29, 1.82) is 0 Å². The maximum absolute atomic E-state index is 11.3. The fraction of sp³-hybridized carbons (Fsp3) is 0.273. The third-order valence-electron chi connectivity index (χ3n) is 2.35. The van der Waals surface area contributed by atoms with Crippen molar-refractivity contribution in [3.63, 3.8) is 0 Å². The second kappa shape index (κ2) is 3.62. The minimum absolute atomic E-state index is 0.263. The molecule has 1 saturated heterocycles. The van der Waals surface area contributed by atoms with Crippen molar-refractivity contribution in [2.45, 2.75) is 13.0 Å². The monoisotopic (exact) mass is 189 g/mol. The van der Waals surface area contributed by atoms with Gasteiger partial charge in [0.05, 0.1) is 0 Å². The van der Waals surface area contributed by atoms with Crippen molar-refractivity contribution in [3.8, 4) is 0 Å². The molecule has 0 bridgehead atoms. The SMILES string of the molecule is O=C1CCN(Cc2ccccc2)C1=O. The second-order valence-corrected chi connectivity index (χ2v) is 3.39. The Balaban J connectivity index is 2.06. The molecular formula is C11H11NO2. The average Bonchev–Trinajstić information content (AvgIpc) is 2.52. The van der Waals surface area contributed by atoms with Gasteiger partial charge in [0.15, 0.2) is 0 Å². The van der Waals surface area contributed by atoms with Crippen molar-refractivity contribution in [3.05, 3.63) is 35.9 Å². The van der Waals surface area contributed by atoms with E-state index >= 15 is 0 Å². The zero-order chi connectivity index (χ0) is 9.97. The maximum atomic E-state index is 11.3. The Labute approximate surface area is 82.3 Å². The largest absolute Gasteiger partial charge is 0.331 e. The van der Waals surface area contributed by atoms with E-state index in [9.17, 15) is 9.59 Å². The number of benzene rings is 1. The lowest BCUT2D eigenvalue weighted by molar-refractivity contribution is -0.140. The summed E-state index contributed by atoms with van der Waals surface area (Å²) >= 11 is 0. The Bertz CT molecular complexity index is 359. The molecule has 0 aliphatic carbocycles. The molecule has 3 heteroatoms. The van der Waals surface area contributed by atoms with Crippen molar-refractivity contribution in [2.75, 3.05) is 6.54 Å². The van der Waals surface area contributed by atoms with Crippen LogP contribution in [0.15, 0.2) is 30.3 Å². The van der Waals surface area contributed by atoms with Crippen LogP contribution in [0.3, 0.4) is 0 Å². The Morgan fingerprint density at radius 1 is 1.14 bits per heavy atom. The Morgan fingerprint density at radius 2 is 1.86 bits per heavy atom. The van der Waals surface area contributed by atoms with Crippen molar-refractivity contribution >= 4 is 11.7 Å². The van der Waals surface area contributed by atoms with Gasteiger partial charge in [0.25, 0.3) is 5.91 Å². The first kappa shape index (κ1) is 8.94.